The third-order valence-corrected chi connectivity index (χ3v) is 4.35. The number of nitrogens with two attached hydrogens (primary N) is 1. The molecule has 0 saturated heterocycles. The predicted octanol–water partition coefficient (Wildman–Crippen LogP) is 2.86. The summed E-state index contributed by atoms with van der Waals surface area (Å²) >= 11 is 5.91. The summed E-state index contributed by atoms with van der Waals surface area (Å²) in [5.74, 6) is -0.182. The number of ether oxygens (including phenoxy) is 1. The molecule has 1 aliphatic rings. The van der Waals surface area contributed by atoms with E-state index in [1.54, 1.807) is 18.2 Å². The first kappa shape index (κ1) is 15.1. The molecule has 1 saturated carbocycles. The number of hydrogen-bond donors (Lipinski definition) is 2. The standard InChI is InChI=1S/C15H21ClN2O2/c1-4-20-13-8-12(15(13,2)3)18-14(19)10-7-9(16)5-6-11(10)17/h5-7,12-13H,4,8,17H2,1-3H3,(H,18,19). The molecule has 0 aliphatic heterocycles. The highest BCUT2D eigenvalue weighted by molar-refractivity contribution is 6.31. The first-order chi connectivity index (χ1) is 9.36. The lowest BCUT2D eigenvalue weighted by Gasteiger charge is -2.51. The van der Waals surface area contributed by atoms with Crippen LogP contribution in [-0.2, 0) is 4.74 Å². The minimum Gasteiger partial charge on any atom is -0.398 e. The second-order valence-electron chi connectivity index (χ2n) is 5.76. The van der Waals surface area contributed by atoms with E-state index in [0.717, 1.165) is 6.42 Å². The van der Waals surface area contributed by atoms with Crippen molar-refractivity contribution in [3.63, 3.8) is 0 Å². The van der Waals surface area contributed by atoms with Gasteiger partial charge in [-0.1, -0.05) is 25.4 Å². The predicted molar refractivity (Wildman–Crippen MR) is 80.9 cm³/mol. The van der Waals surface area contributed by atoms with Crippen LogP contribution in [0.15, 0.2) is 18.2 Å². The van der Waals surface area contributed by atoms with Gasteiger partial charge in [-0.25, -0.2) is 0 Å². The van der Waals surface area contributed by atoms with Gasteiger partial charge in [-0.05, 0) is 31.5 Å². The zero-order valence-corrected chi connectivity index (χ0v) is 12.8. The van der Waals surface area contributed by atoms with E-state index in [2.05, 4.69) is 19.2 Å². The Kier molecular flexibility index (Phi) is 4.25. The minimum atomic E-state index is -0.182. The number of carbonyl (C=O) groups is 1. The molecule has 1 aromatic carbocycles. The molecular weight excluding hydrogens is 276 g/mol. The van der Waals surface area contributed by atoms with Gasteiger partial charge < -0.3 is 15.8 Å². The number of nitrogens with one attached hydrogen (secondary N) is 1. The van der Waals surface area contributed by atoms with Crippen molar-refractivity contribution in [2.24, 2.45) is 5.41 Å². The number of anilines is 1. The molecule has 0 radical (unpaired) electrons. The Labute approximate surface area is 124 Å². The number of hydrogen-bond acceptors (Lipinski definition) is 3. The molecule has 0 bridgehead atoms. The van der Waals surface area contributed by atoms with Gasteiger partial charge in [0.25, 0.3) is 5.91 Å². The second kappa shape index (κ2) is 5.62. The first-order valence-corrected chi connectivity index (χ1v) is 7.21. The summed E-state index contributed by atoms with van der Waals surface area (Å²) in [6, 6.07) is 5.00. The summed E-state index contributed by atoms with van der Waals surface area (Å²) in [6.45, 7) is 6.87. The molecule has 110 valence electrons. The molecule has 1 fully saturated rings. The molecule has 1 amide bonds. The van der Waals surface area contributed by atoms with Crippen LogP contribution >= 0.6 is 11.6 Å². The summed E-state index contributed by atoms with van der Waals surface area (Å²) in [5, 5.41) is 3.53. The maximum Gasteiger partial charge on any atom is 0.253 e. The molecule has 5 heteroatoms. The number of rotatable bonds is 4. The van der Waals surface area contributed by atoms with E-state index in [1.807, 2.05) is 6.92 Å². The highest BCUT2D eigenvalue weighted by atomic mass is 35.5. The fourth-order valence-corrected chi connectivity index (χ4v) is 2.75. The van der Waals surface area contributed by atoms with E-state index in [-0.39, 0.29) is 23.5 Å². The fourth-order valence-electron chi connectivity index (χ4n) is 2.58. The number of benzene rings is 1. The number of nitrogen functional groups attached to an aromatic ring is 1. The Balaban J connectivity index is 2.05. The van der Waals surface area contributed by atoms with Gasteiger partial charge in [-0.15, -0.1) is 0 Å². The molecule has 2 atom stereocenters. The van der Waals surface area contributed by atoms with Crippen LogP contribution < -0.4 is 11.1 Å². The van der Waals surface area contributed by atoms with Crippen LogP contribution in [0.5, 0.6) is 0 Å². The van der Waals surface area contributed by atoms with E-state index in [0.29, 0.717) is 22.9 Å². The van der Waals surface area contributed by atoms with Crippen LogP contribution in [0.2, 0.25) is 5.02 Å². The minimum absolute atomic E-state index is 0.0704. The van der Waals surface area contributed by atoms with Gasteiger partial charge in [0.2, 0.25) is 0 Å². The van der Waals surface area contributed by atoms with E-state index < -0.39 is 0 Å². The van der Waals surface area contributed by atoms with E-state index in [4.69, 9.17) is 22.1 Å². The van der Waals surface area contributed by atoms with E-state index in [9.17, 15) is 4.79 Å². The average Bonchev–Trinajstić information content (AvgIpc) is 2.40. The number of halogens is 1. The van der Waals surface area contributed by atoms with Crippen molar-refractivity contribution in [2.45, 2.75) is 39.3 Å². The average molecular weight is 297 g/mol. The highest BCUT2D eigenvalue weighted by Gasteiger charge is 2.49. The van der Waals surface area contributed by atoms with Crippen LogP contribution in [0, 0.1) is 5.41 Å². The molecule has 3 N–H and O–H groups in total. The molecule has 2 unspecified atom stereocenters. The first-order valence-electron chi connectivity index (χ1n) is 6.83. The smallest absolute Gasteiger partial charge is 0.253 e. The Hall–Kier alpha value is -1.26. The summed E-state index contributed by atoms with van der Waals surface area (Å²) in [7, 11) is 0. The molecule has 4 nitrogen and oxygen atoms in total. The van der Waals surface area contributed by atoms with Crippen molar-refractivity contribution < 1.29 is 9.53 Å². The molecule has 2 rings (SSSR count). The molecule has 1 aliphatic carbocycles. The maximum absolute atomic E-state index is 12.3. The zero-order chi connectivity index (χ0) is 14.9. The van der Waals surface area contributed by atoms with Crippen LogP contribution in [0.4, 0.5) is 5.69 Å². The van der Waals surface area contributed by atoms with Crippen molar-refractivity contribution in [3.05, 3.63) is 28.8 Å². The van der Waals surface area contributed by atoms with Crippen molar-refractivity contribution >= 4 is 23.2 Å². The summed E-state index contributed by atoms with van der Waals surface area (Å²) in [6.07, 6.45) is 1.02. The van der Waals surface area contributed by atoms with Gasteiger partial charge >= 0.3 is 0 Å². The second-order valence-corrected chi connectivity index (χ2v) is 6.20. The molecule has 0 spiro atoms. The monoisotopic (exact) mass is 296 g/mol. The van der Waals surface area contributed by atoms with Crippen molar-refractivity contribution in [1.29, 1.82) is 0 Å². The lowest BCUT2D eigenvalue weighted by molar-refractivity contribution is -0.111. The van der Waals surface area contributed by atoms with Gasteiger partial charge in [-0.3, -0.25) is 4.79 Å². The van der Waals surface area contributed by atoms with Gasteiger partial charge in [0.15, 0.2) is 0 Å². The molecule has 0 aromatic heterocycles. The fraction of sp³-hybridized carbons (Fsp3) is 0.533. The Morgan fingerprint density at radius 3 is 2.85 bits per heavy atom. The number of carbonyl (C=O) groups excluding carboxylic acids is 1. The zero-order valence-electron chi connectivity index (χ0n) is 12.1. The molecule has 20 heavy (non-hydrogen) atoms. The van der Waals surface area contributed by atoms with Crippen molar-refractivity contribution in [3.8, 4) is 0 Å². The Morgan fingerprint density at radius 2 is 2.25 bits per heavy atom. The maximum atomic E-state index is 12.3. The molecular formula is C15H21ClN2O2. The third-order valence-electron chi connectivity index (χ3n) is 4.11. The van der Waals surface area contributed by atoms with Gasteiger partial charge in [0, 0.05) is 28.8 Å². The molecule has 1 aromatic rings. The topological polar surface area (TPSA) is 64.3 Å². The lowest BCUT2D eigenvalue weighted by Crippen LogP contribution is -2.62. The Bertz CT molecular complexity index is 517. The van der Waals surface area contributed by atoms with Crippen molar-refractivity contribution in [1.82, 2.24) is 5.32 Å². The van der Waals surface area contributed by atoms with Crippen LogP contribution in [0.25, 0.3) is 0 Å². The quantitative estimate of drug-likeness (QED) is 0.840. The Morgan fingerprint density at radius 1 is 1.55 bits per heavy atom. The van der Waals surface area contributed by atoms with Crippen LogP contribution in [0.1, 0.15) is 37.6 Å². The lowest BCUT2D eigenvalue weighted by atomic mass is 9.64. The van der Waals surface area contributed by atoms with Crippen LogP contribution in [-0.4, -0.2) is 24.7 Å². The highest BCUT2D eigenvalue weighted by Crippen LogP contribution is 2.42. The summed E-state index contributed by atoms with van der Waals surface area (Å²) < 4.78 is 5.66. The van der Waals surface area contributed by atoms with E-state index >= 15 is 0 Å². The number of amides is 1. The third kappa shape index (κ3) is 2.76. The van der Waals surface area contributed by atoms with E-state index in [1.165, 1.54) is 0 Å². The normalized spacial score (nSPS) is 24.0. The van der Waals surface area contributed by atoms with Crippen LogP contribution in [0.3, 0.4) is 0 Å². The summed E-state index contributed by atoms with van der Waals surface area (Å²) in [4.78, 5) is 12.3. The van der Waals surface area contributed by atoms with Gasteiger partial charge in [-0.2, -0.15) is 0 Å². The molecule has 0 heterocycles. The van der Waals surface area contributed by atoms with Crippen molar-refractivity contribution in [2.75, 3.05) is 12.3 Å². The SMILES string of the molecule is CCOC1CC(NC(=O)c2cc(Cl)ccc2N)C1(C)C. The van der Waals surface area contributed by atoms with Gasteiger partial charge in [0.05, 0.1) is 11.7 Å². The summed E-state index contributed by atoms with van der Waals surface area (Å²) in [5.41, 5.74) is 6.61. The van der Waals surface area contributed by atoms with Gasteiger partial charge in [0.1, 0.15) is 0 Å². The largest absolute Gasteiger partial charge is 0.398 e.